The summed E-state index contributed by atoms with van der Waals surface area (Å²) in [5.41, 5.74) is 5.71. The number of benzene rings is 2. The number of nitrogens with one attached hydrogen (secondary N) is 1. The van der Waals surface area contributed by atoms with Gasteiger partial charge in [0.05, 0.1) is 11.4 Å². The second-order valence-electron chi connectivity index (χ2n) is 8.47. The molecule has 2 aromatic carbocycles. The minimum Gasteiger partial charge on any atom is -0.348 e. The number of hydrogen-bond acceptors (Lipinski definition) is 3. The highest BCUT2D eigenvalue weighted by Crippen LogP contribution is 2.29. The molecule has 4 aromatic rings. The smallest absolute Gasteiger partial charge is 0.263 e. The van der Waals surface area contributed by atoms with Crippen molar-refractivity contribution in [2.45, 2.75) is 45.7 Å². The van der Waals surface area contributed by atoms with Crippen LogP contribution >= 0.6 is 0 Å². The van der Waals surface area contributed by atoms with E-state index in [1.165, 1.54) is 22.0 Å². The van der Waals surface area contributed by atoms with Gasteiger partial charge in [-0.05, 0) is 61.9 Å². The first-order valence-corrected chi connectivity index (χ1v) is 11.0. The molecule has 0 spiro atoms. The molecular weight excluding hydrogens is 400 g/mol. The normalized spacial score (nSPS) is 15.5. The molecule has 1 aliphatic rings. The first-order chi connectivity index (χ1) is 15.5. The quantitative estimate of drug-likeness (QED) is 0.536. The SMILES string of the molecule is Cc1c(C)n(-c2ccccc2)c2ncn(CC(=O)NC3CCCc4ccccc43)c(=O)c12. The lowest BCUT2D eigenvalue weighted by atomic mass is 9.88. The summed E-state index contributed by atoms with van der Waals surface area (Å²) in [4.78, 5) is 30.7. The molecule has 1 unspecified atom stereocenters. The van der Waals surface area contributed by atoms with Crippen LogP contribution in [0.3, 0.4) is 0 Å². The third kappa shape index (κ3) is 3.42. The Labute approximate surface area is 186 Å². The summed E-state index contributed by atoms with van der Waals surface area (Å²) in [5.74, 6) is -0.174. The summed E-state index contributed by atoms with van der Waals surface area (Å²) >= 11 is 0. The van der Waals surface area contributed by atoms with E-state index in [1.807, 2.05) is 60.9 Å². The van der Waals surface area contributed by atoms with Crippen molar-refractivity contribution < 1.29 is 4.79 Å². The molecule has 1 aliphatic carbocycles. The number of carbonyl (C=O) groups excluding carboxylic acids is 1. The molecule has 1 N–H and O–H groups in total. The first-order valence-electron chi connectivity index (χ1n) is 11.0. The molecule has 162 valence electrons. The third-order valence-electron chi connectivity index (χ3n) is 6.52. The van der Waals surface area contributed by atoms with Crippen molar-refractivity contribution in [3.05, 3.63) is 93.7 Å². The van der Waals surface area contributed by atoms with Gasteiger partial charge < -0.3 is 5.32 Å². The minimum atomic E-state index is -0.190. The topological polar surface area (TPSA) is 68.9 Å². The largest absolute Gasteiger partial charge is 0.348 e. The Morgan fingerprint density at radius 1 is 1.09 bits per heavy atom. The Hall–Kier alpha value is -3.67. The zero-order chi connectivity index (χ0) is 22.2. The number of amides is 1. The maximum atomic E-state index is 13.3. The Kier molecular flexibility index (Phi) is 5.13. The second kappa shape index (κ2) is 8.11. The van der Waals surface area contributed by atoms with Gasteiger partial charge >= 0.3 is 0 Å². The molecule has 2 heterocycles. The van der Waals surface area contributed by atoms with Crippen LogP contribution in [-0.2, 0) is 17.8 Å². The van der Waals surface area contributed by atoms with Crippen LogP contribution in [0.15, 0.2) is 65.7 Å². The van der Waals surface area contributed by atoms with Gasteiger partial charge in [-0.2, -0.15) is 0 Å². The lowest BCUT2D eigenvalue weighted by molar-refractivity contribution is -0.122. The van der Waals surface area contributed by atoms with Crippen LogP contribution in [0.1, 0.15) is 41.3 Å². The summed E-state index contributed by atoms with van der Waals surface area (Å²) in [5, 5.41) is 3.68. The summed E-state index contributed by atoms with van der Waals surface area (Å²) in [6, 6.07) is 18.1. The molecule has 32 heavy (non-hydrogen) atoms. The molecular formula is C26H26N4O2. The van der Waals surface area contributed by atoms with E-state index in [4.69, 9.17) is 0 Å². The van der Waals surface area contributed by atoms with Gasteiger partial charge in [0.2, 0.25) is 5.91 Å². The van der Waals surface area contributed by atoms with Crippen LogP contribution in [0, 0.1) is 13.8 Å². The van der Waals surface area contributed by atoms with Crippen molar-refractivity contribution >= 4 is 16.9 Å². The number of hydrogen-bond donors (Lipinski definition) is 1. The van der Waals surface area contributed by atoms with Gasteiger partial charge in [-0.1, -0.05) is 42.5 Å². The van der Waals surface area contributed by atoms with Gasteiger partial charge in [0.25, 0.3) is 5.56 Å². The van der Waals surface area contributed by atoms with Crippen molar-refractivity contribution in [2.24, 2.45) is 0 Å². The third-order valence-corrected chi connectivity index (χ3v) is 6.52. The standard InChI is InChI=1S/C26H26N4O2/c1-17-18(2)30(20-11-4-3-5-12-20)25-24(17)26(32)29(16-27-25)15-23(31)28-22-14-8-10-19-9-6-7-13-21(19)22/h3-7,9,11-13,16,22H,8,10,14-15H2,1-2H3,(H,28,31). The van der Waals surface area contributed by atoms with Gasteiger partial charge in [-0.15, -0.1) is 0 Å². The van der Waals surface area contributed by atoms with E-state index in [9.17, 15) is 9.59 Å². The van der Waals surface area contributed by atoms with E-state index in [2.05, 4.69) is 22.4 Å². The van der Waals surface area contributed by atoms with Crippen molar-refractivity contribution in [1.82, 2.24) is 19.4 Å². The Bertz CT molecular complexity index is 1370. The van der Waals surface area contributed by atoms with Crippen molar-refractivity contribution in [3.63, 3.8) is 0 Å². The Morgan fingerprint density at radius 3 is 2.66 bits per heavy atom. The van der Waals surface area contributed by atoms with E-state index >= 15 is 0 Å². The number of aromatic nitrogens is 3. The van der Waals surface area contributed by atoms with E-state index in [1.54, 1.807) is 0 Å². The summed E-state index contributed by atoms with van der Waals surface area (Å²) in [6.07, 6.45) is 4.48. The van der Waals surface area contributed by atoms with Crippen molar-refractivity contribution in [1.29, 1.82) is 0 Å². The maximum Gasteiger partial charge on any atom is 0.263 e. The van der Waals surface area contributed by atoms with Gasteiger partial charge in [0, 0.05) is 11.4 Å². The fourth-order valence-corrected chi connectivity index (χ4v) is 4.79. The number of nitrogens with zero attached hydrogens (tertiary/aromatic N) is 3. The lowest BCUT2D eigenvalue weighted by Crippen LogP contribution is -2.36. The number of carbonyl (C=O) groups is 1. The van der Waals surface area contributed by atoms with E-state index in [0.29, 0.717) is 11.0 Å². The minimum absolute atomic E-state index is 0.0111. The van der Waals surface area contributed by atoms with E-state index < -0.39 is 0 Å². The van der Waals surface area contributed by atoms with Crippen LogP contribution in [0.2, 0.25) is 0 Å². The van der Waals surface area contributed by atoms with Gasteiger partial charge in [-0.25, -0.2) is 4.98 Å². The van der Waals surface area contributed by atoms with E-state index in [0.717, 1.165) is 36.2 Å². The van der Waals surface area contributed by atoms with Crippen LogP contribution in [-0.4, -0.2) is 20.0 Å². The predicted molar refractivity (Wildman–Crippen MR) is 125 cm³/mol. The molecule has 6 heteroatoms. The summed E-state index contributed by atoms with van der Waals surface area (Å²) in [7, 11) is 0. The number of para-hydroxylation sites is 1. The second-order valence-corrected chi connectivity index (χ2v) is 8.47. The molecule has 0 aliphatic heterocycles. The van der Waals surface area contributed by atoms with Gasteiger partial charge in [-0.3, -0.25) is 18.7 Å². The molecule has 2 aromatic heterocycles. The molecule has 0 saturated heterocycles. The fourth-order valence-electron chi connectivity index (χ4n) is 4.79. The molecule has 1 atom stereocenters. The Balaban J connectivity index is 1.45. The molecule has 0 saturated carbocycles. The van der Waals surface area contributed by atoms with Crippen molar-refractivity contribution in [2.75, 3.05) is 0 Å². The fraction of sp³-hybridized carbons (Fsp3) is 0.269. The highest BCUT2D eigenvalue weighted by molar-refractivity contribution is 5.83. The summed E-state index contributed by atoms with van der Waals surface area (Å²) in [6.45, 7) is 3.88. The van der Waals surface area contributed by atoms with Crippen LogP contribution < -0.4 is 10.9 Å². The molecule has 6 nitrogen and oxygen atoms in total. The first kappa shape index (κ1) is 20.2. The van der Waals surface area contributed by atoms with Crippen LogP contribution in [0.5, 0.6) is 0 Å². The molecule has 1 amide bonds. The highest BCUT2D eigenvalue weighted by atomic mass is 16.2. The average molecular weight is 427 g/mol. The number of aryl methyl sites for hydroxylation is 2. The zero-order valence-corrected chi connectivity index (χ0v) is 18.3. The Morgan fingerprint density at radius 2 is 1.84 bits per heavy atom. The maximum absolute atomic E-state index is 13.3. The monoisotopic (exact) mass is 426 g/mol. The molecule has 0 radical (unpaired) electrons. The van der Waals surface area contributed by atoms with Gasteiger partial charge in [0.1, 0.15) is 12.9 Å². The molecule has 0 fully saturated rings. The van der Waals surface area contributed by atoms with Crippen LogP contribution in [0.25, 0.3) is 16.7 Å². The number of fused-ring (bicyclic) bond motifs is 2. The van der Waals surface area contributed by atoms with Gasteiger partial charge in [0.15, 0.2) is 5.65 Å². The molecule has 0 bridgehead atoms. The van der Waals surface area contributed by atoms with E-state index in [-0.39, 0.29) is 24.1 Å². The van der Waals surface area contributed by atoms with Crippen LogP contribution in [0.4, 0.5) is 0 Å². The van der Waals surface area contributed by atoms with Crippen molar-refractivity contribution in [3.8, 4) is 5.69 Å². The zero-order valence-electron chi connectivity index (χ0n) is 18.3. The summed E-state index contributed by atoms with van der Waals surface area (Å²) < 4.78 is 3.41. The highest BCUT2D eigenvalue weighted by Gasteiger charge is 2.22. The average Bonchev–Trinajstić information content (AvgIpc) is 3.07. The predicted octanol–water partition coefficient (Wildman–Crippen LogP) is 4.00. The lowest BCUT2D eigenvalue weighted by Gasteiger charge is -2.26. The number of rotatable bonds is 4. The molecule has 5 rings (SSSR count).